The summed E-state index contributed by atoms with van der Waals surface area (Å²) in [5.41, 5.74) is 4.99. The van der Waals surface area contributed by atoms with E-state index in [2.05, 4.69) is 69.0 Å². The van der Waals surface area contributed by atoms with Crippen molar-refractivity contribution >= 4 is 5.57 Å². The van der Waals surface area contributed by atoms with Crippen LogP contribution in [0.5, 0.6) is 0 Å². The van der Waals surface area contributed by atoms with Gasteiger partial charge in [0.15, 0.2) is 0 Å². The maximum atomic E-state index is 4.27. The largest absolute Gasteiger partial charge is 0.0905 e. The quantitative estimate of drug-likeness (QED) is 0.679. The highest BCUT2D eigenvalue weighted by Crippen LogP contribution is 2.30. The molecule has 0 aliphatic carbocycles. The van der Waals surface area contributed by atoms with Crippen molar-refractivity contribution in [1.29, 1.82) is 0 Å². The van der Waals surface area contributed by atoms with Crippen molar-refractivity contribution in [2.75, 3.05) is 0 Å². The second-order valence-corrected chi connectivity index (χ2v) is 4.74. The van der Waals surface area contributed by atoms with E-state index in [1.54, 1.807) is 0 Å². The van der Waals surface area contributed by atoms with Crippen molar-refractivity contribution in [1.82, 2.24) is 0 Å². The fourth-order valence-electron chi connectivity index (χ4n) is 2.22. The van der Waals surface area contributed by atoms with Crippen molar-refractivity contribution in [3.05, 3.63) is 77.9 Å². The number of hydrogen-bond acceptors (Lipinski definition) is 0. The lowest BCUT2D eigenvalue weighted by Crippen LogP contribution is -1.98. The maximum Gasteiger partial charge on any atom is -0.0149 e. The smallest absolute Gasteiger partial charge is 0.0149 e. The Kier molecular flexibility index (Phi) is 3.99. The summed E-state index contributed by atoms with van der Waals surface area (Å²) < 4.78 is 0. The normalized spacial score (nSPS) is 12.1. The summed E-state index contributed by atoms with van der Waals surface area (Å²) in [6.45, 7) is 8.78. The van der Waals surface area contributed by atoms with E-state index in [9.17, 15) is 0 Å². The van der Waals surface area contributed by atoms with E-state index in [0.717, 1.165) is 12.0 Å². The van der Waals surface area contributed by atoms with Gasteiger partial charge in [0.1, 0.15) is 0 Å². The van der Waals surface area contributed by atoms with E-state index >= 15 is 0 Å². The van der Waals surface area contributed by atoms with E-state index in [1.807, 2.05) is 6.07 Å². The van der Waals surface area contributed by atoms with Crippen molar-refractivity contribution in [2.24, 2.45) is 0 Å². The summed E-state index contributed by atoms with van der Waals surface area (Å²) in [5, 5.41) is 0. The van der Waals surface area contributed by atoms with E-state index in [-0.39, 0.29) is 0 Å². The first-order valence-electron chi connectivity index (χ1n) is 6.57. The van der Waals surface area contributed by atoms with Gasteiger partial charge in [0, 0.05) is 0 Å². The Labute approximate surface area is 110 Å². The van der Waals surface area contributed by atoms with Crippen LogP contribution in [0.1, 0.15) is 42.9 Å². The molecule has 0 aliphatic rings. The van der Waals surface area contributed by atoms with Crippen LogP contribution in [0.4, 0.5) is 0 Å². The number of hydrogen-bond donors (Lipinski definition) is 0. The molecule has 0 bridgehead atoms. The Morgan fingerprint density at radius 3 is 2.28 bits per heavy atom. The molecule has 0 amide bonds. The summed E-state index contributed by atoms with van der Waals surface area (Å²) in [4.78, 5) is 0. The van der Waals surface area contributed by atoms with Crippen LogP contribution < -0.4 is 0 Å². The van der Waals surface area contributed by atoms with Crippen LogP contribution in [-0.2, 0) is 0 Å². The second kappa shape index (κ2) is 5.68. The van der Waals surface area contributed by atoms with Crippen molar-refractivity contribution < 1.29 is 0 Å². The average Bonchev–Trinajstić information content (AvgIpc) is 2.46. The highest BCUT2D eigenvalue weighted by Gasteiger charge is 2.11. The molecule has 0 N–H and O–H groups in total. The fourth-order valence-corrected chi connectivity index (χ4v) is 2.22. The third-order valence-corrected chi connectivity index (χ3v) is 3.55. The van der Waals surface area contributed by atoms with E-state index in [1.165, 1.54) is 16.7 Å². The minimum atomic E-state index is 0.571. The van der Waals surface area contributed by atoms with E-state index in [4.69, 9.17) is 0 Å². The first kappa shape index (κ1) is 12.6. The molecule has 0 heteroatoms. The molecule has 1 unspecified atom stereocenters. The average molecular weight is 236 g/mol. The van der Waals surface area contributed by atoms with E-state index < -0.39 is 0 Å². The number of benzene rings is 2. The van der Waals surface area contributed by atoms with Crippen LogP contribution in [0.2, 0.25) is 0 Å². The van der Waals surface area contributed by atoms with Crippen LogP contribution in [0, 0.1) is 0 Å². The Hall–Kier alpha value is -1.82. The third kappa shape index (κ3) is 2.53. The Balaban J connectivity index is 2.43. The Morgan fingerprint density at radius 1 is 1.00 bits per heavy atom. The van der Waals surface area contributed by atoms with Crippen molar-refractivity contribution in [3.63, 3.8) is 0 Å². The lowest BCUT2D eigenvalue weighted by atomic mass is 9.88. The highest BCUT2D eigenvalue weighted by molar-refractivity contribution is 5.79. The zero-order valence-corrected chi connectivity index (χ0v) is 11.2. The summed E-state index contributed by atoms with van der Waals surface area (Å²) in [7, 11) is 0. The van der Waals surface area contributed by atoms with Crippen LogP contribution in [-0.4, -0.2) is 0 Å². The molecule has 2 rings (SSSR count). The Morgan fingerprint density at radius 2 is 1.61 bits per heavy atom. The van der Waals surface area contributed by atoms with Crippen LogP contribution in [0.3, 0.4) is 0 Å². The minimum absolute atomic E-state index is 0.571. The van der Waals surface area contributed by atoms with Crippen LogP contribution >= 0.6 is 0 Å². The number of rotatable bonds is 4. The molecule has 1 atom stereocenters. The summed E-state index contributed by atoms with van der Waals surface area (Å²) in [6.07, 6.45) is 1.15. The van der Waals surface area contributed by atoms with Crippen LogP contribution in [0.15, 0.2) is 61.2 Å². The summed E-state index contributed by atoms with van der Waals surface area (Å²) >= 11 is 0. The van der Waals surface area contributed by atoms with Crippen molar-refractivity contribution in [2.45, 2.75) is 26.2 Å². The van der Waals surface area contributed by atoms with Gasteiger partial charge in [-0.05, 0) is 34.6 Å². The monoisotopic (exact) mass is 236 g/mol. The molecule has 2 aromatic rings. The van der Waals surface area contributed by atoms with Crippen LogP contribution in [0.25, 0.3) is 5.57 Å². The predicted octanol–water partition coefficient (Wildman–Crippen LogP) is 5.26. The zero-order valence-electron chi connectivity index (χ0n) is 11.2. The van der Waals surface area contributed by atoms with Crippen molar-refractivity contribution in [3.8, 4) is 0 Å². The van der Waals surface area contributed by atoms with Gasteiger partial charge in [-0.25, -0.2) is 0 Å². The van der Waals surface area contributed by atoms with Gasteiger partial charge in [-0.1, -0.05) is 75.0 Å². The van der Waals surface area contributed by atoms with Gasteiger partial charge in [-0.3, -0.25) is 0 Å². The molecule has 0 aromatic heterocycles. The van der Waals surface area contributed by atoms with Gasteiger partial charge >= 0.3 is 0 Å². The minimum Gasteiger partial charge on any atom is -0.0905 e. The molecule has 0 radical (unpaired) electrons. The fraction of sp³-hybridized carbons (Fsp3) is 0.222. The zero-order chi connectivity index (χ0) is 13.0. The molecule has 18 heavy (non-hydrogen) atoms. The van der Waals surface area contributed by atoms with Gasteiger partial charge in [0.05, 0.1) is 0 Å². The molecule has 92 valence electrons. The first-order chi connectivity index (χ1) is 8.74. The SMILES string of the molecule is C=C(c1ccccc1)c1ccccc1C(C)CC. The van der Waals surface area contributed by atoms with Gasteiger partial charge in [0.2, 0.25) is 0 Å². The molecule has 2 aromatic carbocycles. The van der Waals surface area contributed by atoms with Gasteiger partial charge in [-0.2, -0.15) is 0 Å². The summed E-state index contributed by atoms with van der Waals surface area (Å²) in [5.74, 6) is 0.571. The molecule has 0 spiro atoms. The molecule has 0 heterocycles. The Bertz CT molecular complexity index is 523. The molecular formula is C18H20. The summed E-state index contributed by atoms with van der Waals surface area (Å²) in [6, 6.07) is 19.0. The van der Waals surface area contributed by atoms with Gasteiger partial charge in [-0.15, -0.1) is 0 Å². The lowest BCUT2D eigenvalue weighted by Gasteiger charge is -2.16. The topological polar surface area (TPSA) is 0 Å². The third-order valence-electron chi connectivity index (χ3n) is 3.55. The first-order valence-corrected chi connectivity index (χ1v) is 6.57. The van der Waals surface area contributed by atoms with Gasteiger partial charge < -0.3 is 0 Å². The molecule has 0 fully saturated rings. The van der Waals surface area contributed by atoms with Gasteiger partial charge in [0.25, 0.3) is 0 Å². The van der Waals surface area contributed by atoms with E-state index in [0.29, 0.717) is 5.92 Å². The maximum absolute atomic E-state index is 4.27. The molecular weight excluding hydrogens is 216 g/mol. The predicted molar refractivity (Wildman–Crippen MR) is 79.7 cm³/mol. The lowest BCUT2D eigenvalue weighted by molar-refractivity contribution is 0.731. The molecule has 0 saturated heterocycles. The molecule has 0 saturated carbocycles. The highest BCUT2D eigenvalue weighted by atomic mass is 14.2. The molecule has 0 nitrogen and oxygen atoms in total. The standard InChI is InChI=1S/C18H20/c1-4-14(2)17-12-8-9-13-18(17)15(3)16-10-6-5-7-11-16/h5-14H,3-4H2,1-2H3. The second-order valence-electron chi connectivity index (χ2n) is 4.74. The molecule has 0 aliphatic heterocycles.